The Morgan fingerprint density at radius 2 is 2.30 bits per heavy atom. The molecule has 23 heavy (non-hydrogen) atoms. The Hall–Kier alpha value is -2.15. The smallest absolute Gasteiger partial charge is 0.318 e. The van der Waals surface area contributed by atoms with E-state index >= 15 is 0 Å². The highest BCUT2D eigenvalue weighted by molar-refractivity contribution is 5.75. The molecule has 1 N–H and O–H groups in total. The Kier molecular flexibility index (Phi) is 4.47. The summed E-state index contributed by atoms with van der Waals surface area (Å²) in [4.78, 5) is 14.5. The number of aromatic nitrogens is 3. The second kappa shape index (κ2) is 6.54. The van der Waals surface area contributed by atoms with Crippen LogP contribution in [0.5, 0.6) is 0 Å². The van der Waals surface area contributed by atoms with Gasteiger partial charge in [0.15, 0.2) is 11.5 Å². The molecule has 3 atom stereocenters. The predicted octanol–water partition coefficient (Wildman–Crippen LogP) is 2.00. The standard InChI is InChI=1S/C16H23N5O2/c1-4-13-10-23-11(2)9-21(13)16(22)17-12(3)15-19-18-14-7-5-6-8-20(14)15/h5-8,11-13H,4,9-10H2,1-3H3,(H,17,22). The fraction of sp³-hybridized carbons (Fsp3) is 0.562. The van der Waals surface area contributed by atoms with Gasteiger partial charge in [0.2, 0.25) is 0 Å². The van der Waals surface area contributed by atoms with Crippen molar-refractivity contribution in [2.75, 3.05) is 13.2 Å². The van der Waals surface area contributed by atoms with E-state index in [1.165, 1.54) is 0 Å². The first-order valence-corrected chi connectivity index (χ1v) is 8.08. The number of hydrogen-bond donors (Lipinski definition) is 1. The molecule has 3 rings (SSSR count). The molecule has 2 aromatic heterocycles. The third-order valence-electron chi connectivity index (χ3n) is 4.27. The molecule has 1 fully saturated rings. The lowest BCUT2D eigenvalue weighted by molar-refractivity contribution is -0.0381. The molecule has 7 heteroatoms. The van der Waals surface area contributed by atoms with Crippen LogP contribution in [0.25, 0.3) is 5.65 Å². The number of carbonyl (C=O) groups excluding carboxylic acids is 1. The van der Waals surface area contributed by atoms with Crippen molar-refractivity contribution in [2.45, 2.75) is 45.4 Å². The van der Waals surface area contributed by atoms with E-state index < -0.39 is 0 Å². The zero-order valence-electron chi connectivity index (χ0n) is 13.8. The van der Waals surface area contributed by atoms with Gasteiger partial charge in [-0.2, -0.15) is 0 Å². The molecule has 0 radical (unpaired) electrons. The van der Waals surface area contributed by atoms with Gasteiger partial charge in [0.1, 0.15) is 0 Å². The van der Waals surface area contributed by atoms with Crippen LogP contribution in [0.2, 0.25) is 0 Å². The van der Waals surface area contributed by atoms with Crippen molar-refractivity contribution in [1.29, 1.82) is 0 Å². The molecule has 2 amide bonds. The number of rotatable bonds is 3. The van der Waals surface area contributed by atoms with Gasteiger partial charge in [-0.25, -0.2) is 4.79 Å². The topological polar surface area (TPSA) is 71.8 Å². The highest BCUT2D eigenvalue weighted by atomic mass is 16.5. The summed E-state index contributed by atoms with van der Waals surface area (Å²) in [5.74, 6) is 0.725. The minimum Gasteiger partial charge on any atom is -0.375 e. The van der Waals surface area contributed by atoms with Crippen molar-refractivity contribution >= 4 is 11.7 Å². The highest BCUT2D eigenvalue weighted by Crippen LogP contribution is 2.17. The molecule has 0 bridgehead atoms. The molecule has 1 saturated heterocycles. The second-order valence-electron chi connectivity index (χ2n) is 6.02. The van der Waals surface area contributed by atoms with E-state index in [0.29, 0.717) is 13.2 Å². The number of fused-ring (bicyclic) bond motifs is 1. The summed E-state index contributed by atoms with van der Waals surface area (Å²) >= 11 is 0. The molecule has 124 valence electrons. The molecule has 0 spiro atoms. The van der Waals surface area contributed by atoms with Crippen LogP contribution in [0.15, 0.2) is 24.4 Å². The summed E-state index contributed by atoms with van der Waals surface area (Å²) in [5, 5.41) is 11.4. The van der Waals surface area contributed by atoms with Crippen molar-refractivity contribution in [3.63, 3.8) is 0 Å². The number of amides is 2. The Labute approximate surface area is 135 Å². The Morgan fingerprint density at radius 1 is 1.48 bits per heavy atom. The van der Waals surface area contributed by atoms with Crippen molar-refractivity contribution in [1.82, 2.24) is 24.8 Å². The van der Waals surface area contributed by atoms with E-state index in [4.69, 9.17) is 4.74 Å². The third-order valence-corrected chi connectivity index (χ3v) is 4.27. The van der Waals surface area contributed by atoms with Gasteiger partial charge in [0, 0.05) is 12.7 Å². The molecule has 1 aliphatic rings. The maximum absolute atomic E-state index is 12.7. The molecule has 0 saturated carbocycles. The van der Waals surface area contributed by atoms with Gasteiger partial charge in [-0.3, -0.25) is 4.40 Å². The number of nitrogens with zero attached hydrogens (tertiary/aromatic N) is 4. The average molecular weight is 317 g/mol. The van der Waals surface area contributed by atoms with E-state index in [-0.39, 0.29) is 24.2 Å². The first kappa shape index (κ1) is 15.7. The number of morpholine rings is 1. The molecule has 0 aliphatic carbocycles. The normalized spacial score (nSPS) is 23.0. The summed E-state index contributed by atoms with van der Waals surface area (Å²) in [6.07, 6.45) is 2.84. The van der Waals surface area contributed by atoms with E-state index in [1.54, 1.807) is 0 Å². The molecule has 7 nitrogen and oxygen atoms in total. The molecular formula is C16H23N5O2. The van der Waals surface area contributed by atoms with Crippen LogP contribution < -0.4 is 5.32 Å². The average Bonchev–Trinajstić information content (AvgIpc) is 2.98. The number of pyridine rings is 1. The SMILES string of the molecule is CCC1COC(C)CN1C(=O)NC(C)c1nnc2ccccn12. The highest BCUT2D eigenvalue weighted by Gasteiger charge is 2.30. The molecule has 0 aromatic carbocycles. The van der Waals surface area contributed by atoms with Gasteiger partial charge < -0.3 is 15.0 Å². The van der Waals surface area contributed by atoms with Gasteiger partial charge in [0.25, 0.3) is 0 Å². The molecule has 3 unspecified atom stereocenters. The number of urea groups is 1. The minimum absolute atomic E-state index is 0.0628. The van der Waals surface area contributed by atoms with Crippen molar-refractivity contribution in [2.24, 2.45) is 0 Å². The van der Waals surface area contributed by atoms with Crippen molar-refractivity contribution in [3.8, 4) is 0 Å². The summed E-state index contributed by atoms with van der Waals surface area (Å²) in [6, 6.07) is 5.54. The summed E-state index contributed by atoms with van der Waals surface area (Å²) in [7, 11) is 0. The van der Waals surface area contributed by atoms with Crippen LogP contribution in [-0.4, -0.2) is 50.8 Å². The maximum atomic E-state index is 12.7. The maximum Gasteiger partial charge on any atom is 0.318 e. The molecular weight excluding hydrogens is 294 g/mol. The predicted molar refractivity (Wildman–Crippen MR) is 86.1 cm³/mol. The van der Waals surface area contributed by atoms with Crippen LogP contribution in [0.3, 0.4) is 0 Å². The summed E-state index contributed by atoms with van der Waals surface area (Å²) < 4.78 is 7.54. The van der Waals surface area contributed by atoms with Crippen LogP contribution >= 0.6 is 0 Å². The Bertz CT molecular complexity index is 686. The van der Waals surface area contributed by atoms with Crippen molar-refractivity contribution in [3.05, 3.63) is 30.2 Å². The van der Waals surface area contributed by atoms with Gasteiger partial charge in [-0.15, -0.1) is 10.2 Å². The largest absolute Gasteiger partial charge is 0.375 e. The van der Waals surface area contributed by atoms with E-state index in [0.717, 1.165) is 17.9 Å². The lowest BCUT2D eigenvalue weighted by Crippen LogP contribution is -2.54. The van der Waals surface area contributed by atoms with Gasteiger partial charge in [-0.1, -0.05) is 13.0 Å². The number of hydrogen-bond acceptors (Lipinski definition) is 4. The number of ether oxygens (including phenoxy) is 1. The molecule has 2 aromatic rings. The third kappa shape index (κ3) is 3.14. The monoisotopic (exact) mass is 317 g/mol. The number of carbonyl (C=O) groups is 1. The lowest BCUT2D eigenvalue weighted by atomic mass is 10.1. The molecule has 1 aliphatic heterocycles. The van der Waals surface area contributed by atoms with Crippen LogP contribution in [0.4, 0.5) is 4.79 Å². The van der Waals surface area contributed by atoms with E-state index in [9.17, 15) is 4.79 Å². The fourth-order valence-electron chi connectivity index (χ4n) is 2.92. The summed E-state index contributed by atoms with van der Waals surface area (Å²) in [6.45, 7) is 7.18. The number of nitrogens with one attached hydrogen (secondary N) is 1. The zero-order chi connectivity index (χ0) is 16.4. The van der Waals surface area contributed by atoms with Crippen LogP contribution in [0.1, 0.15) is 39.1 Å². The quantitative estimate of drug-likeness (QED) is 0.940. The second-order valence-corrected chi connectivity index (χ2v) is 6.02. The van der Waals surface area contributed by atoms with Gasteiger partial charge >= 0.3 is 6.03 Å². The van der Waals surface area contributed by atoms with Crippen molar-refractivity contribution < 1.29 is 9.53 Å². The minimum atomic E-state index is -0.226. The Balaban J connectivity index is 1.73. The summed E-state index contributed by atoms with van der Waals surface area (Å²) in [5.41, 5.74) is 0.773. The fourth-order valence-corrected chi connectivity index (χ4v) is 2.92. The van der Waals surface area contributed by atoms with E-state index in [1.807, 2.05) is 47.5 Å². The Morgan fingerprint density at radius 3 is 3.09 bits per heavy atom. The van der Waals surface area contributed by atoms with Gasteiger partial charge in [0.05, 0.1) is 24.8 Å². The van der Waals surface area contributed by atoms with E-state index in [2.05, 4.69) is 22.4 Å². The molecule has 3 heterocycles. The first-order chi connectivity index (χ1) is 11.1. The lowest BCUT2D eigenvalue weighted by Gasteiger charge is -2.38. The van der Waals surface area contributed by atoms with Crippen LogP contribution in [-0.2, 0) is 4.74 Å². The van der Waals surface area contributed by atoms with Crippen LogP contribution in [0, 0.1) is 0 Å². The first-order valence-electron chi connectivity index (χ1n) is 8.08. The van der Waals surface area contributed by atoms with Gasteiger partial charge in [-0.05, 0) is 32.4 Å². The zero-order valence-corrected chi connectivity index (χ0v) is 13.8.